The number of rotatable bonds is 1. The fraction of sp³-hybridized carbons (Fsp3) is 0.600. The Balaban J connectivity index is -0.0000000161. The molecule has 0 aromatic rings. The minimum absolute atomic E-state index is 0. The molecule has 0 aliphatic heterocycles. The minimum atomic E-state index is -1.08. The summed E-state index contributed by atoms with van der Waals surface area (Å²) in [5, 5.41) is 35.6. The summed E-state index contributed by atoms with van der Waals surface area (Å²) in [6, 6.07) is 0. The van der Waals surface area contributed by atoms with Crippen molar-refractivity contribution in [3.8, 4) is 0 Å². The standard InChI is InChI=1S/C2H8N2.4C2H4O2.2Fe.2Na.2H/c3-1-2-4;4*1-2(3)4;;;;;;/h1-4H2;4*1H3,(H,3,4);;;;;;/q;;;;;2*+2;;;;/p-4. The molecule has 0 spiro atoms. The van der Waals surface area contributed by atoms with Crippen LogP contribution < -0.4 is 31.9 Å². The third-order valence-corrected chi connectivity index (χ3v) is 0.167. The second kappa shape index (κ2) is 56.5. The van der Waals surface area contributed by atoms with Crippen LogP contribution in [0.5, 0.6) is 0 Å². The maximum atomic E-state index is 8.89. The van der Waals surface area contributed by atoms with Gasteiger partial charge >= 0.3 is 93.3 Å². The fourth-order valence-corrected chi connectivity index (χ4v) is 0. The second-order valence-electron chi connectivity index (χ2n) is 2.54. The molecule has 4 N–H and O–H groups in total. The molecule has 0 aromatic carbocycles. The van der Waals surface area contributed by atoms with Crippen molar-refractivity contribution in [1.29, 1.82) is 0 Å². The van der Waals surface area contributed by atoms with Crippen LogP contribution in [0.1, 0.15) is 27.7 Å². The third kappa shape index (κ3) is 3220. The molecule has 0 unspecified atom stereocenters. The zero-order chi connectivity index (χ0) is 17.7. The number of carboxylic acid groups (broad SMARTS) is 4. The van der Waals surface area contributed by atoms with E-state index in [1.165, 1.54) is 0 Å². The van der Waals surface area contributed by atoms with Gasteiger partial charge in [0.25, 0.3) is 0 Å². The monoisotopic (exact) mass is 456 g/mol. The van der Waals surface area contributed by atoms with Crippen LogP contribution in [0.2, 0.25) is 0 Å². The number of carbonyl (C=O) groups is 4. The quantitative estimate of drug-likeness (QED) is 0.356. The molecule has 0 aliphatic carbocycles. The van der Waals surface area contributed by atoms with Crippen molar-refractivity contribution in [2.45, 2.75) is 27.7 Å². The molecule has 0 heterocycles. The van der Waals surface area contributed by atoms with E-state index in [2.05, 4.69) is 0 Å². The van der Waals surface area contributed by atoms with E-state index in [1.54, 1.807) is 0 Å². The van der Waals surface area contributed by atoms with Gasteiger partial charge < -0.3 is 51.1 Å². The Hall–Kier alpha value is 0.839. The van der Waals surface area contributed by atoms with Gasteiger partial charge in [-0.2, -0.15) is 0 Å². The summed E-state index contributed by atoms with van der Waals surface area (Å²) in [5.74, 6) is -4.33. The predicted octanol–water partition coefficient (Wildman–Crippen LogP) is -7.37. The van der Waals surface area contributed by atoms with Crippen molar-refractivity contribution in [2.75, 3.05) is 13.1 Å². The van der Waals surface area contributed by atoms with Crippen LogP contribution in [0, 0.1) is 0 Å². The first-order chi connectivity index (χ1) is 8.84. The van der Waals surface area contributed by atoms with Crippen molar-refractivity contribution in [3.05, 3.63) is 0 Å². The zero-order valence-electron chi connectivity index (χ0n) is 12.5. The van der Waals surface area contributed by atoms with Gasteiger partial charge in [-0.25, -0.2) is 0 Å². The molecule has 0 saturated heterocycles. The molecular weight excluding hydrogens is 434 g/mol. The van der Waals surface area contributed by atoms with Crippen LogP contribution in [0.4, 0.5) is 0 Å². The molecule has 0 fully saturated rings. The van der Waals surface area contributed by atoms with Gasteiger partial charge in [-0.1, -0.05) is 0 Å². The molecule has 0 bridgehead atoms. The zero-order valence-corrected chi connectivity index (χ0v) is 14.8. The number of carboxylic acids is 4. The summed E-state index contributed by atoms with van der Waals surface area (Å²) in [6.45, 7) is 5.08. The van der Waals surface area contributed by atoms with E-state index >= 15 is 0 Å². The van der Waals surface area contributed by atoms with Gasteiger partial charge in [0.05, 0.1) is 0 Å². The van der Waals surface area contributed by atoms with E-state index in [1.807, 2.05) is 0 Å². The molecule has 0 aliphatic rings. The van der Waals surface area contributed by atoms with E-state index in [0.29, 0.717) is 13.1 Å². The first-order valence-electron chi connectivity index (χ1n) is 4.95. The number of hydrogen-bond acceptors (Lipinski definition) is 10. The Morgan fingerprint density at radius 3 is 0.625 bits per heavy atom. The Bertz CT molecular complexity index is 209. The van der Waals surface area contributed by atoms with Crippen molar-refractivity contribution < 1.29 is 73.7 Å². The van der Waals surface area contributed by atoms with Crippen molar-refractivity contribution in [1.82, 2.24) is 0 Å². The molecule has 14 heteroatoms. The molecular formula is C10H22Fe2N2Na2O8. The summed E-state index contributed by atoms with van der Waals surface area (Å²) < 4.78 is 0. The van der Waals surface area contributed by atoms with E-state index in [9.17, 15) is 0 Å². The number of hydrogen-bond donors (Lipinski definition) is 2. The van der Waals surface area contributed by atoms with Gasteiger partial charge in [-0.15, -0.1) is 0 Å². The van der Waals surface area contributed by atoms with Crippen LogP contribution in [-0.4, -0.2) is 96.1 Å². The number of nitrogens with two attached hydrogens (primary N) is 2. The van der Waals surface area contributed by atoms with E-state index < -0.39 is 23.9 Å². The summed E-state index contributed by atoms with van der Waals surface area (Å²) in [7, 11) is 0. The average molecular weight is 456 g/mol. The summed E-state index contributed by atoms with van der Waals surface area (Å²) in [5.41, 5.74) is 9.81. The maximum absolute atomic E-state index is 8.89. The van der Waals surface area contributed by atoms with Crippen LogP contribution in [0.15, 0.2) is 0 Å². The van der Waals surface area contributed by atoms with Gasteiger partial charge in [-0.05, 0) is 27.7 Å². The third-order valence-electron chi connectivity index (χ3n) is 0.167. The van der Waals surface area contributed by atoms with E-state index in [-0.39, 0.29) is 93.3 Å². The second-order valence-corrected chi connectivity index (χ2v) is 2.54. The first-order valence-corrected chi connectivity index (χ1v) is 4.95. The number of aliphatic carboxylic acids is 4. The Labute approximate surface area is 207 Å². The molecule has 0 aromatic heterocycles. The molecule has 0 rings (SSSR count). The van der Waals surface area contributed by atoms with Gasteiger partial charge in [0.2, 0.25) is 0 Å². The van der Waals surface area contributed by atoms with E-state index in [4.69, 9.17) is 51.1 Å². The predicted molar refractivity (Wildman–Crippen MR) is 75.1 cm³/mol. The Kier molecular flexibility index (Phi) is 132. The Morgan fingerprint density at radius 1 is 0.583 bits per heavy atom. The molecule has 0 atom stereocenters. The Morgan fingerprint density at radius 2 is 0.625 bits per heavy atom. The molecule has 24 heavy (non-hydrogen) atoms. The summed E-state index contributed by atoms with van der Waals surface area (Å²) >= 11 is 0. The van der Waals surface area contributed by atoms with Crippen molar-refractivity contribution >= 4 is 83.0 Å². The van der Waals surface area contributed by atoms with Crippen LogP contribution >= 0.6 is 0 Å². The number of carbonyl (C=O) groups excluding carboxylic acids is 4. The van der Waals surface area contributed by atoms with Crippen molar-refractivity contribution in [2.24, 2.45) is 11.5 Å². The van der Waals surface area contributed by atoms with Gasteiger partial charge in [0, 0.05) is 37.0 Å². The van der Waals surface area contributed by atoms with Crippen LogP contribution in [0.25, 0.3) is 0 Å². The summed E-state index contributed by atoms with van der Waals surface area (Å²) in [4.78, 5) is 35.6. The van der Waals surface area contributed by atoms with E-state index in [0.717, 1.165) is 27.7 Å². The molecule has 0 amide bonds. The fourth-order valence-electron chi connectivity index (χ4n) is 0. The molecule has 10 nitrogen and oxygen atoms in total. The summed E-state index contributed by atoms with van der Waals surface area (Å²) in [6.07, 6.45) is 0. The average Bonchev–Trinajstić information content (AvgIpc) is 2.13. The van der Waals surface area contributed by atoms with Crippen molar-refractivity contribution in [3.63, 3.8) is 0 Å². The van der Waals surface area contributed by atoms with Gasteiger partial charge in [-0.3, -0.25) is 0 Å². The van der Waals surface area contributed by atoms with Crippen LogP contribution in [0.3, 0.4) is 0 Å². The molecule has 138 valence electrons. The van der Waals surface area contributed by atoms with Gasteiger partial charge in [0.15, 0.2) is 0 Å². The van der Waals surface area contributed by atoms with Crippen LogP contribution in [-0.2, 0) is 53.3 Å². The molecule has 0 saturated carbocycles. The van der Waals surface area contributed by atoms with Gasteiger partial charge in [0.1, 0.15) is 0 Å². The first kappa shape index (κ1) is 56.3. The SMILES string of the molecule is CC(=O)[O-].CC(=O)[O-].CC(=O)[O-].CC(=O)[O-].NCCN.[Fe+2].[Fe+2].[NaH].[NaH]. The topological polar surface area (TPSA) is 213 Å². The normalized spacial score (nSPS) is 5.42. The molecule has 0 radical (unpaired) electrons.